The van der Waals surface area contributed by atoms with Gasteiger partial charge in [-0.3, -0.25) is 9.36 Å². The van der Waals surface area contributed by atoms with Crippen LogP contribution < -0.4 is 5.32 Å². The summed E-state index contributed by atoms with van der Waals surface area (Å²) in [6, 6.07) is 12.5. The summed E-state index contributed by atoms with van der Waals surface area (Å²) in [7, 11) is 0. The summed E-state index contributed by atoms with van der Waals surface area (Å²) in [5.74, 6) is 1.68. The van der Waals surface area contributed by atoms with Gasteiger partial charge in [-0.05, 0) is 80.8 Å². The van der Waals surface area contributed by atoms with Crippen molar-refractivity contribution >= 4 is 11.8 Å². The maximum absolute atomic E-state index is 11.7. The predicted octanol–water partition coefficient (Wildman–Crippen LogP) is 3.84. The van der Waals surface area contributed by atoms with Crippen molar-refractivity contribution in [2.24, 2.45) is 5.92 Å². The lowest BCUT2D eigenvalue weighted by Crippen LogP contribution is -2.28. The van der Waals surface area contributed by atoms with Crippen LogP contribution in [0.5, 0.6) is 0 Å². The molecule has 0 saturated carbocycles. The molecule has 0 radical (unpaired) electrons. The number of carbonyl (C=O) groups is 1. The fourth-order valence-corrected chi connectivity index (χ4v) is 5.46. The molecule has 0 amide bonds. The van der Waals surface area contributed by atoms with Crippen molar-refractivity contribution in [3.05, 3.63) is 65.4 Å². The molecule has 2 unspecified atom stereocenters. The number of carboxylic acid groups (broad SMARTS) is 1. The SMILES string of the molecule is Cc1nncn1-c1cccc(C(CC(=O)O)CN2CCC(CCc3ccc4c(n3)NCCC4)C2)c1. The molecule has 2 atom stereocenters. The summed E-state index contributed by atoms with van der Waals surface area (Å²) in [4.78, 5) is 19.0. The van der Waals surface area contributed by atoms with Gasteiger partial charge in [0, 0.05) is 36.9 Å². The minimum atomic E-state index is -0.760. The van der Waals surface area contributed by atoms with Gasteiger partial charge in [0.15, 0.2) is 0 Å². The number of aliphatic carboxylic acids is 1. The average Bonchev–Trinajstić information content (AvgIpc) is 3.50. The number of nitrogens with zero attached hydrogens (tertiary/aromatic N) is 5. The Morgan fingerprint density at radius 2 is 2.20 bits per heavy atom. The number of aryl methyl sites for hydroxylation is 3. The third-order valence-electron chi connectivity index (χ3n) is 7.37. The van der Waals surface area contributed by atoms with Crippen LogP contribution in [-0.4, -0.2) is 61.9 Å². The summed E-state index contributed by atoms with van der Waals surface area (Å²) in [5.41, 5.74) is 4.51. The molecule has 0 spiro atoms. The zero-order chi connectivity index (χ0) is 24.2. The number of fused-ring (bicyclic) bond motifs is 1. The summed E-state index contributed by atoms with van der Waals surface area (Å²) < 4.78 is 1.93. The Hall–Kier alpha value is -3.26. The van der Waals surface area contributed by atoms with Crippen molar-refractivity contribution < 1.29 is 9.90 Å². The number of nitrogens with one attached hydrogen (secondary N) is 1. The zero-order valence-electron chi connectivity index (χ0n) is 20.4. The van der Waals surface area contributed by atoms with E-state index in [-0.39, 0.29) is 12.3 Å². The minimum Gasteiger partial charge on any atom is -0.481 e. The highest BCUT2D eigenvalue weighted by Crippen LogP contribution is 2.29. The molecule has 2 N–H and O–H groups in total. The quantitative estimate of drug-likeness (QED) is 0.486. The van der Waals surface area contributed by atoms with E-state index in [1.54, 1.807) is 6.33 Å². The third kappa shape index (κ3) is 5.70. The molecule has 2 aromatic heterocycles. The lowest BCUT2D eigenvalue weighted by atomic mass is 9.94. The molecule has 0 aliphatic carbocycles. The normalized spacial score (nSPS) is 18.7. The highest BCUT2D eigenvalue weighted by Gasteiger charge is 2.27. The van der Waals surface area contributed by atoms with Gasteiger partial charge in [-0.25, -0.2) is 4.98 Å². The van der Waals surface area contributed by atoms with Crippen LogP contribution >= 0.6 is 0 Å². The fourth-order valence-electron chi connectivity index (χ4n) is 5.46. The van der Waals surface area contributed by atoms with Crippen molar-refractivity contribution in [3.63, 3.8) is 0 Å². The van der Waals surface area contributed by atoms with Crippen LogP contribution in [0.1, 0.15) is 54.2 Å². The number of pyridine rings is 1. The van der Waals surface area contributed by atoms with Crippen molar-refractivity contribution in [2.45, 2.75) is 51.4 Å². The molecule has 8 heteroatoms. The maximum atomic E-state index is 11.7. The Labute approximate surface area is 206 Å². The first kappa shape index (κ1) is 23.5. The first-order chi connectivity index (χ1) is 17.0. The van der Waals surface area contributed by atoms with Crippen LogP contribution in [0.25, 0.3) is 5.69 Å². The number of rotatable bonds is 9. The van der Waals surface area contributed by atoms with Crippen molar-refractivity contribution in [1.29, 1.82) is 0 Å². The number of carboxylic acids is 1. The van der Waals surface area contributed by atoms with E-state index >= 15 is 0 Å². The summed E-state index contributed by atoms with van der Waals surface area (Å²) >= 11 is 0. The van der Waals surface area contributed by atoms with Crippen LogP contribution in [-0.2, 0) is 17.6 Å². The molecule has 35 heavy (non-hydrogen) atoms. The minimum absolute atomic E-state index is 0.0589. The molecule has 1 saturated heterocycles. The molecular weight excluding hydrogens is 440 g/mol. The second-order valence-electron chi connectivity index (χ2n) is 9.93. The van der Waals surface area contributed by atoms with E-state index in [2.05, 4.69) is 38.6 Å². The van der Waals surface area contributed by atoms with Crippen molar-refractivity contribution in [1.82, 2.24) is 24.6 Å². The molecule has 1 fully saturated rings. The highest BCUT2D eigenvalue weighted by molar-refractivity contribution is 5.68. The predicted molar refractivity (Wildman–Crippen MR) is 135 cm³/mol. The number of aromatic nitrogens is 4. The van der Waals surface area contributed by atoms with E-state index in [0.29, 0.717) is 5.92 Å². The van der Waals surface area contributed by atoms with E-state index < -0.39 is 5.97 Å². The van der Waals surface area contributed by atoms with E-state index in [4.69, 9.17) is 4.98 Å². The smallest absolute Gasteiger partial charge is 0.304 e. The highest BCUT2D eigenvalue weighted by atomic mass is 16.4. The van der Waals surface area contributed by atoms with E-state index in [1.165, 1.54) is 17.7 Å². The lowest BCUT2D eigenvalue weighted by Gasteiger charge is -2.24. The van der Waals surface area contributed by atoms with Crippen LogP contribution in [0.15, 0.2) is 42.7 Å². The van der Waals surface area contributed by atoms with E-state index in [1.807, 2.05) is 29.7 Å². The molecule has 184 valence electrons. The Bertz CT molecular complexity index is 1180. The molecule has 3 aromatic rings. The van der Waals surface area contributed by atoms with Crippen LogP contribution in [0, 0.1) is 12.8 Å². The van der Waals surface area contributed by atoms with Crippen molar-refractivity contribution in [2.75, 3.05) is 31.5 Å². The van der Waals surface area contributed by atoms with E-state index in [9.17, 15) is 9.90 Å². The molecule has 2 aliphatic heterocycles. The van der Waals surface area contributed by atoms with Gasteiger partial charge in [0.25, 0.3) is 0 Å². The average molecular weight is 475 g/mol. The summed E-state index contributed by atoms with van der Waals surface area (Å²) in [6.45, 7) is 5.72. The van der Waals surface area contributed by atoms with E-state index in [0.717, 1.165) is 74.8 Å². The number of hydrogen-bond donors (Lipinski definition) is 2. The van der Waals surface area contributed by atoms with Crippen LogP contribution in [0.3, 0.4) is 0 Å². The molecule has 2 aliphatic rings. The Balaban J connectivity index is 1.20. The summed E-state index contributed by atoms with van der Waals surface area (Å²) in [6.07, 6.45) is 7.38. The number of hydrogen-bond acceptors (Lipinski definition) is 6. The topological polar surface area (TPSA) is 96.2 Å². The molecule has 8 nitrogen and oxygen atoms in total. The van der Waals surface area contributed by atoms with Crippen molar-refractivity contribution in [3.8, 4) is 5.69 Å². The van der Waals surface area contributed by atoms with Crippen LogP contribution in [0.4, 0.5) is 5.82 Å². The fraction of sp³-hybridized carbons (Fsp3) is 0.481. The summed E-state index contributed by atoms with van der Waals surface area (Å²) in [5, 5.41) is 21.1. The Morgan fingerprint density at radius 3 is 3.03 bits per heavy atom. The molecule has 1 aromatic carbocycles. The number of benzene rings is 1. The molecular formula is C27H34N6O2. The van der Waals surface area contributed by atoms with Gasteiger partial charge in [0.2, 0.25) is 0 Å². The monoisotopic (exact) mass is 474 g/mol. The first-order valence-electron chi connectivity index (χ1n) is 12.7. The van der Waals surface area contributed by atoms with Gasteiger partial charge in [-0.15, -0.1) is 10.2 Å². The second-order valence-corrected chi connectivity index (χ2v) is 9.93. The van der Waals surface area contributed by atoms with Gasteiger partial charge in [0.05, 0.1) is 6.42 Å². The van der Waals surface area contributed by atoms with Gasteiger partial charge < -0.3 is 15.3 Å². The maximum Gasteiger partial charge on any atom is 0.304 e. The first-order valence-corrected chi connectivity index (χ1v) is 12.7. The standard InChI is InChI=1S/C27H34N6O2/c1-19-31-29-18-33(19)25-6-2-4-22(14-25)23(15-26(34)35)17-32-13-11-20(16-32)7-9-24-10-8-21-5-3-12-28-27(21)30-24/h2,4,6,8,10,14,18,20,23H,3,5,7,9,11-13,15-17H2,1H3,(H,28,30)(H,34,35). The second kappa shape index (κ2) is 10.6. The van der Waals surface area contributed by atoms with Gasteiger partial charge in [-0.2, -0.15) is 0 Å². The number of anilines is 1. The Kier molecular flexibility index (Phi) is 7.08. The zero-order valence-corrected chi connectivity index (χ0v) is 20.4. The van der Waals surface area contributed by atoms with Gasteiger partial charge >= 0.3 is 5.97 Å². The van der Waals surface area contributed by atoms with Crippen LogP contribution in [0.2, 0.25) is 0 Å². The number of likely N-dealkylation sites (tertiary alicyclic amines) is 1. The molecule has 0 bridgehead atoms. The Morgan fingerprint density at radius 1 is 1.29 bits per heavy atom. The third-order valence-corrected chi connectivity index (χ3v) is 7.37. The molecule has 5 rings (SSSR count). The van der Waals surface area contributed by atoms with Gasteiger partial charge in [0.1, 0.15) is 18.0 Å². The largest absolute Gasteiger partial charge is 0.481 e. The molecule has 4 heterocycles. The van der Waals surface area contributed by atoms with Gasteiger partial charge in [-0.1, -0.05) is 18.2 Å². The lowest BCUT2D eigenvalue weighted by molar-refractivity contribution is -0.137.